The molecule has 0 radical (unpaired) electrons. The first kappa shape index (κ1) is 31.9. The van der Waals surface area contributed by atoms with Gasteiger partial charge in [0.15, 0.2) is 0 Å². The van der Waals surface area contributed by atoms with E-state index in [2.05, 4.69) is 26.1 Å². The monoisotopic (exact) mass is 577 g/mol. The number of anilines is 1. The highest BCUT2D eigenvalue weighted by Gasteiger charge is 2.33. The van der Waals surface area contributed by atoms with Gasteiger partial charge in [0, 0.05) is 19.5 Å². The van der Waals surface area contributed by atoms with Crippen molar-refractivity contribution in [2.24, 2.45) is 0 Å². The molecule has 0 fully saturated rings. The highest BCUT2D eigenvalue weighted by molar-refractivity contribution is 7.92. The second kappa shape index (κ2) is 13.8. The van der Waals surface area contributed by atoms with Crippen LogP contribution in [0.25, 0.3) is 0 Å². The van der Waals surface area contributed by atoms with E-state index >= 15 is 0 Å². The number of hydrogen-bond donors (Lipinski definition) is 1. The first-order valence-corrected chi connectivity index (χ1v) is 15.9. The normalized spacial score (nSPS) is 12.4. The van der Waals surface area contributed by atoms with Gasteiger partial charge in [0.05, 0.1) is 11.9 Å². The van der Waals surface area contributed by atoms with Crippen molar-refractivity contribution in [3.8, 4) is 0 Å². The van der Waals surface area contributed by atoms with Crippen LogP contribution in [0.3, 0.4) is 0 Å². The molecule has 1 N–H and O–H groups in total. The van der Waals surface area contributed by atoms with E-state index in [1.165, 1.54) is 4.90 Å². The van der Waals surface area contributed by atoms with E-state index in [0.717, 1.165) is 39.2 Å². The summed E-state index contributed by atoms with van der Waals surface area (Å²) < 4.78 is 27.1. The minimum absolute atomic E-state index is 0.106. The van der Waals surface area contributed by atoms with Crippen LogP contribution in [0.5, 0.6) is 0 Å². The maximum atomic E-state index is 14.1. The molecular formula is C33H43N3O4S. The van der Waals surface area contributed by atoms with Crippen LogP contribution in [-0.4, -0.2) is 50.5 Å². The first-order chi connectivity index (χ1) is 19.3. The molecule has 2 amide bonds. The van der Waals surface area contributed by atoms with Crippen LogP contribution in [0, 0.1) is 6.92 Å². The van der Waals surface area contributed by atoms with Crippen LogP contribution in [0.4, 0.5) is 5.69 Å². The zero-order chi connectivity index (χ0) is 30.2. The summed E-state index contributed by atoms with van der Waals surface area (Å²) in [5.74, 6) is -0.721. The highest BCUT2D eigenvalue weighted by Crippen LogP contribution is 2.26. The first-order valence-electron chi connectivity index (χ1n) is 14.0. The number of benzene rings is 3. The van der Waals surface area contributed by atoms with Crippen LogP contribution in [0.2, 0.25) is 0 Å². The van der Waals surface area contributed by atoms with Crippen molar-refractivity contribution in [1.29, 1.82) is 0 Å². The highest BCUT2D eigenvalue weighted by atomic mass is 32.2. The summed E-state index contributed by atoms with van der Waals surface area (Å²) >= 11 is 0. The Bertz CT molecular complexity index is 1410. The van der Waals surface area contributed by atoms with Crippen LogP contribution >= 0.6 is 0 Å². The van der Waals surface area contributed by atoms with Gasteiger partial charge in [0.1, 0.15) is 12.6 Å². The fourth-order valence-electron chi connectivity index (χ4n) is 4.67. The number of sulfonamides is 1. The zero-order valence-electron chi connectivity index (χ0n) is 25.1. The summed E-state index contributed by atoms with van der Waals surface area (Å²) in [5, 5.41) is 2.96. The lowest BCUT2D eigenvalue weighted by atomic mass is 9.87. The zero-order valence-corrected chi connectivity index (χ0v) is 25.9. The van der Waals surface area contributed by atoms with Crippen molar-refractivity contribution >= 4 is 27.5 Å². The Kier molecular flexibility index (Phi) is 10.7. The molecule has 220 valence electrons. The molecule has 0 unspecified atom stereocenters. The fourth-order valence-corrected chi connectivity index (χ4v) is 5.52. The number of aryl methyl sites for hydroxylation is 1. The van der Waals surface area contributed by atoms with Crippen LogP contribution in [0.15, 0.2) is 78.9 Å². The topological polar surface area (TPSA) is 86.8 Å². The largest absolute Gasteiger partial charge is 0.354 e. The third-order valence-electron chi connectivity index (χ3n) is 6.96. The van der Waals surface area contributed by atoms with Crippen LogP contribution < -0.4 is 9.62 Å². The quantitative estimate of drug-likeness (QED) is 0.320. The van der Waals surface area contributed by atoms with Gasteiger partial charge in [-0.05, 0) is 47.6 Å². The number of carbonyl (C=O) groups is 2. The van der Waals surface area contributed by atoms with E-state index in [9.17, 15) is 18.0 Å². The minimum Gasteiger partial charge on any atom is -0.354 e. The van der Waals surface area contributed by atoms with Gasteiger partial charge in [-0.25, -0.2) is 8.42 Å². The Hall–Kier alpha value is -3.65. The molecule has 0 aliphatic heterocycles. The molecule has 7 nitrogen and oxygen atoms in total. The molecule has 0 aliphatic carbocycles. The van der Waals surface area contributed by atoms with Crippen molar-refractivity contribution in [3.63, 3.8) is 0 Å². The van der Waals surface area contributed by atoms with Crippen LogP contribution in [0.1, 0.15) is 56.4 Å². The third-order valence-corrected chi connectivity index (χ3v) is 8.10. The number of nitrogens with zero attached hydrogens (tertiary/aromatic N) is 2. The van der Waals surface area contributed by atoms with Gasteiger partial charge in [-0.2, -0.15) is 0 Å². The summed E-state index contributed by atoms with van der Waals surface area (Å²) in [6.07, 6.45) is 2.15. The van der Waals surface area contributed by atoms with Gasteiger partial charge in [-0.1, -0.05) is 100.0 Å². The van der Waals surface area contributed by atoms with Crippen molar-refractivity contribution in [3.05, 3.63) is 101 Å². The van der Waals surface area contributed by atoms with Gasteiger partial charge < -0.3 is 10.2 Å². The average Bonchev–Trinajstić information content (AvgIpc) is 2.91. The van der Waals surface area contributed by atoms with Crippen molar-refractivity contribution in [2.75, 3.05) is 23.7 Å². The van der Waals surface area contributed by atoms with Gasteiger partial charge in [-0.15, -0.1) is 0 Å². The van der Waals surface area contributed by atoms with E-state index in [1.807, 2.05) is 80.6 Å². The average molecular weight is 578 g/mol. The van der Waals surface area contributed by atoms with E-state index in [-0.39, 0.29) is 17.9 Å². The van der Waals surface area contributed by atoms with E-state index < -0.39 is 28.5 Å². The molecule has 0 spiro atoms. The van der Waals surface area contributed by atoms with Gasteiger partial charge in [0.2, 0.25) is 21.8 Å². The van der Waals surface area contributed by atoms with Gasteiger partial charge >= 0.3 is 0 Å². The standard InChI is InChI=1S/C33H43N3O4S/c1-7-20-34-32(38)30(22-26-13-9-8-10-14-26)35(23-27-15-11-12-25(2)21-27)31(37)24-36(41(6,39)40)29-18-16-28(17-19-29)33(3,4)5/h8-19,21,30H,7,20,22-24H2,1-6H3,(H,34,38)/t30-/m0/s1. The van der Waals surface area contributed by atoms with E-state index in [1.54, 1.807) is 12.1 Å². The Morgan fingerprint density at radius 1 is 0.902 bits per heavy atom. The summed E-state index contributed by atoms with van der Waals surface area (Å²) in [6, 6.07) is 23.7. The number of amides is 2. The summed E-state index contributed by atoms with van der Waals surface area (Å²) in [4.78, 5) is 29.2. The third kappa shape index (κ3) is 9.18. The SMILES string of the molecule is CCCNC(=O)[C@H](Cc1ccccc1)N(Cc1cccc(C)c1)C(=O)CN(c1ccc(C(C)(C)C)cc1)S(C)(=O)=O. The second-order valence-corrected chi connectivity index (χ2v) is 13.5. The van der Waals surface area contributed by atoms with Gasteiger partial charge in [0.25, 0.3) is 0 Å². The van der Waals surface area contributed by atoms with Crippen molar-refractivity contribution < 1.29 is 18.0 Å². The van der Waals surface area contributed by atoms with Crippen molar-refractivity contribution in [2.45, 2.75) is 65.5 Å². The van der Waals surface area contributed by atoms with E-state index in [0.29, 0.717) is 18.7 Å². The Morgan fingerprint density at radius 2 is 1.54 bits per heavy atom. The van der Waals surface area contributed by atoms with Gasteiger partial charge in [-0.3, -0.25) is 13.9 Å². The number of hydrogen-bond acceptors (Lipinski definition) is 4. The maximum Gasteiger partial charge on any atom is 0.244 e. The molecule has 3 aromatic carbocycles. The summed E-state index contributed by atoms with van der Waals surface area (Å²) in [6.45, 7) is 10.4. The summed E-state index contributed by atoms with van der Waals surface area (Å²) in [7, 11) is -3.81. The molecule has 0 saturated heterocycles. The van der Waals surface area contributed by atoms with E-state index in [4.69, 9.17) is 0 Å². The molecule has 41 heavy (non-hydrogen) atoms. The molecule has 3 rings (SSSR count). The number of nitrogens with one attached hydrogen (secondary N) is 1. The van der Waals surface area contributed by atoms with Crippen molar-refractivity contribution in [1.82, 2.24) is 10.2 Å². The molecule has 0 bridgehead atoms. The predicted molar refractivity (Wildman–Crippen MR) is 166 cm³/mol. The molecular weight excluding hydrogens is 534 g/mol. The minimum atomic E-state index is -3.81. The molecule has 0 aromatic heterocycles. The molecule has 0 saturated carbocycles. The lowest BCUT2D eigenvalue weighted by molar-refractivity contribution is -0.140. The lowest BCUT2D eigenvalue weighted by Crippen LogP contribution is -2.53. The molecule has 8 heteroatoms. The maximum absolute atomic E-state index is 14.1. The fraction of sp³-hybridized carbons (Fsp3) is 0.394. The number of carbonyl (C=O) groups excluding carboxylic acids is 2. The summed E-state index contributed by atoms with van der Waals surface area (Å²) in [5.41, 5.74) is 4.15. The smallest absolute Gasteiger partial charge is 0.244 e. The Labute approximate surface area is 245 Å². The lowest BCUT2D eigenvalue weighted by Gasteiger charge is -2.33. The molecule has 1 atom stereocenters. The predicted octanol–water partition coefficient (Wildman–Crippen LogP) is 5.22. The molecule has 0 heterocycles. The second-order valence-electron chi connectivity index (χ2n) is 11.6. The molecule has 0 aliphatic rings. The Balaban J connectivity index is 2.04. The number of rotatable bonds is 12. The molecule has 3 aromatic rings. The van der Waals surface area contributed by atoms with Crippen LogP contribution in [-0.2, 0) is 38.0 Å². The Morgan fingerprint density at radius 3 is 2.10 bits per heavy atom.